The highest BCUT2D eigenvalue weighted by molar-refractivity contribution is 5.87. The molecule has 0 saturated carbocycles. The molecule has 27 heavy (non-hydrogen) atoms. The first-order valence-electron chi connectivity index (χ1n) is 8.84. The molecule has 0 N–H and O–H groups in total. The second-order valence-electron chi connectivity index (χ2n) is 6.32. The molecule has 0 aliphatic heterocycles. The van der Waals surface area contributed by atoms with Crippen molar-refractivity contribution in [2.75, 3.05) is 14.2 Å². The Morgan fingerprint density at radius 3 is 2.19 bits per heavy atom. The van der Waals surface area contributed by atoms with Crippen LogP contribution in [0.2, 0.25) is 0 Å². The first-order valence-corrected chi connectivity index (χ1v) is 8.84. The maximum Gasteiger partial charge on any atom is 0.123 e. The maximum atomic E-state index is 5.34. The standard InChI is InChI=1S/C24H21NO2/c1-26-22-14-18(15-23(17-22)27-2)10-12-25-13-11-21-16-20(8-9-24(21)25)19-6-4-3-5-7-19/h3-17H,1-2H3/b12-10-. The second-order valence-corrected chi connectivity index (χ2v) is 6.32. The van der Waals surface area contributed by atoms with E-state index in [-0.39, 0.29) is 0 Å². The number of benzene rings is 3. The van der Waals surface area contributed by atoms with E-state index in [4.69, 9.17) is 9.47 Å². The van der Waals surface area contributed by atoms with Crippen molar-refractivity contribution < 1.29 is 9.47 Å². The molecule has 134 valence electrons. The van der Waals surface area contributed by atoms with Crippen molar-refractivity contribution in [2.24, 2.45) is 0 Å². The molecule has 3 heteroatoms. The lowest BCUT2D eigenvalue weighted by molar-refractivity contribution is 0.394. The molecular formula is C24H21NO2. The number of nitrogens with zero attached hydrogens (tertiary/aromatic N) is 1. The van der Waals surface area contributed by atoms with Gasteiger partial charge in [0.1, 0.15) is 11.5 Å². The maximum absolute atomic E-state index is 5.34. The van der Waals surface area contributed by atoms with E-state index in [0.717, 1.165) is 17.1 Å². The Bertz CT molecular complexity index is 1070. The quantitative estimate of drug-likeness (QED) is 0.441. The van der Waals surface area contributed by atoms with Gasteiger partial charge in [0.25, 0.3) is 0 Å². The minimum absolute atomic E-state index is 0.777. The molecule has 0 amide bonds. The summed E-state index contributed by atoms with van der Waals surface area (Å²) in [6.45, 7) is 0. The van der Waals surface area contributed by atoms with Crippen LogP contribution in [0.1, 0.15) is 5.56 Å². The zero-order valence-electron chi connectivity index (χ0n) is 15.4. The van der Waals surface area contributed by atoms with E-state index >= 15 is 0 Å². The van der Waals surface area contributed by atoms with Gasteiger partial charge < -0.3 is 14.0 Å². The van der Waals surface area contributed by atoms with Gasteiger partial charge in [0.2, 0.25) is 0 Å². The summed E-state index contributed by atoms with van der Waals surface area (Å²) >= 11 is 0. The van der Waals surface area contributed by atoms with Crippen LogP contribution in [0.3, 0.4) is 0 Å². The number of methoxy groups -OCH3 is 2. The highest BCUT2D eigenvalue weighted by Gasteiger charge is 2.03. The lowest BCUT2D eigenvalue weighted by Gasteiger charge is -2.06. The summed E-state index contributed by atoms with van der Waals surface area (Å²) in [6.07, 6.45) is 6.18. The smallest absolute Gasteiger partial charge is 0.123 e. The Hall–Kier alpha value is -3.46. The SMILES string of the molecule is COc1cc(/C=C\n2ccc3cc(-c4ccccc4)ccc32)cc(OC)c1. The van der Waals surface area contributed by atoms with Gasteiger partial charge in [-0.15, -0.1) is 0 Å². The average Bonchev–Trinajstić information content (AvgIpc) is 3.14. The third-order valence-corrected chi connectivity index (χ3v) is 4.63. The van der Waals surface area contributed by atoms with Gasteiger partial charge in [0.15, 0.2) is 0 Å². The third-order valence-electron chi connectivity index (χ3n) is 4.63. The number of ether oxygens (including phenoxy) is 2. The highest BCUT2D eigenvalue weighted by Crippen LogP contribution is 2.26. The summed E-state index contributed by atoms with van der Waals surface area (Å²) in [5.74, 6) is 1.55. The zero-order chi connectivity index (χ0) is 18.6. The van der Waals surface area contributed by atoms with Crippen LogP contribution in [-0.4, -0.2) is 18.8 Å². The Balaban J connectivity index is 1.66. The van der Waals surface area contributed by atoms with Crippen molar-refractivity contribution in [3.8, 4) is 22.6 Å². The molecule has 3 nitrogen and oxygen atoms in total. The molecular weight excluding hydrogens is 334 g/mol. The predicted molar refractivity (Wildman–Crippen MR) is 112 cm³/mol. The molecule has 0 bridgehead atoms. The lowest BCUT2D eigenvalue weighted by Crippen LogP contribution is -1.88. The summed E-state index contributed by atoms with van der Waals surface area (Å²) in [5.41, 5.74) is 4.64. The van der Waals surface area contributed by atoms with Crippen molar-refractivity contribution in [2.45, 2.75) is 0 Å². The fourth-order valence-corrected chi connectivity index (χ4v) is 3.20. The lowest BCUT2D eigenvalue weighted by atomic mass is 10.0. The van der Waals surface area contributed by atoms with Crippen molar-refractivity contribution in [1.82, 2.24) is 4.57 Å². The normalized spacial score (nSPS) is 11.2. The van der Waals surface area contributed by atoms with Gasteiger partial charge in [-0.05, 0) is 53.1 Å². The molecule has 1 aromatic heterocycles. The van der Waals surface area contributed by atoms with Gasteiger partial charge in [-0.25, -0.2) is 0 Å². The van der Waals surface area contributed by atoms with Crippen molar-refractivity contribution >= 4 is 23.2 Å². The summed E-state index contributed by atoms with van der Waals surface area (Å²) in [5, 5.41) is 1.21. The minimum Gasteiger partial charge on any atom is -0.497 e. The summed E-state index contributed by atoms with van der Waals surface area (Å²) in [7, 11) is 3.32. The molecule has 0 aliphatic carbocycles. The van der Waals surface area contributed by atoms with Crippen LogP contribution >= 0.6 is 0 Å². The van der Waals surface area contributed by atoms with Gasteiger partial charge in [0, 0.05) is 23.8 Å². The van der Waals surface area contributed by atoms with E-state index < -0.39 is 0 Å². The molecule has 0 saturated heterocycles. The van der Waals surface area contributed by atoms with E-state index in [1.165, 1.54) is 22.0 Å². The summed E-state index contributed by atoms with van der Waals surface area (Å²) < 4.78 is 12.8. The molecule has 0 radical (unpaired) electrons. The van der Waals surface area contributed by atoms with Crippen molar-refractivity contribution in [1.29, 1.82) is 0 Å². The van der Waals surface area contributed by atoms with Crippen LogP contribution in [0.5, 0.6) is 11.5 Å². The number of hydrogen-bond acceptors (Lipinski definition) is 2. The number of aromatic nitrogens is 1. The fourth-order valence-electron chi connectivity index (χ4n) is 3.20. The molecule has 4 rings (SSSR count). The first-order chi connectivity index (χ1) is 13.3. The molecule has 0 unspecified atom stereocenters. The average molecular weight is 355 g/mol. The number of fused-ring (bicyclic) bond motifs is 1. The van der Waals surface area contributed by atoms with Crippen LogP contribution in [0.4, 0.5) is 0 Å². The van der Waals surface area contributed by atoms with E-state index in [2.05, 4.69) is 71.6 Å². The first kappa shape index (κ1) is 17.0. The zero-order valence-corrected chi connectivity index (χ0v) is 15.4. The fraction of sp³-hybridized carbons (Fsp3) is 0.0833. The summed E-state index contributed by atoms with van der Waals surface area (Å²) in [6, 6.07) is 25.0. The molecule has 0 aliphatic rings. The number of rotatable bonds is 5. The number of hydrogen-bond donors (Lipinski definition) is 0. The van der Waals surface area contributed by atoms with Crippen molar-refractivity contribution in [3.63, 3.8) is 0 Å². The molecule has 0 spiro atoms. The Morgan fingerprint density at radius 2 is 1.48 bits per heavy atom. The van der Waals surface area contributed by atoms with E-state index in [1.807, 2.05) is 24.3 Å². The van der Waals surface area contributed by atoms with E-state index in [1.54, 1.807) is 14.2 Å². The predicted octanol–water partition coefficient (Wildman–Crippen LogP) is 5.95. The van der Waals surface area contributed by atoms with Gasteiger partial charge >= 0.3 is 0 Å². The van der Waals surface area contributed by atoms with E-state index in [9.17, 15) is 0 Å². The van der Waals surface area contributed by atoms with Gasteiger partial charge in [-0.2, -0.15) is 0 Å². The van der Waals surface area contributed by atoms with Crippen LogP contribution in [0, 0.1) is 0 Å². The highest BCUT2D eigenvalue weighted by atomic mass is 16.5. The van der Waals surface area contributed by atoms with E-state index in [0.29, 0.717) is 0 Å². The molecule has 3 aromatic carbocycles. The Kier molecular flexibility index (Phi) is 4.67. The van der Waals surface area contributed by atoms with Crippen LogP contribution < -0.4 is 9.47 Å². The molecule has 1 heterocycles. The summed E-state index contributed by atoms with van der Waals surface area (Å²) in [4.78, 5) is 0. The Labute approximate surface area is 159 Å². The van der Waals surface area contributed by atoms with Crippen LogP contribution in [-0.2, 0) is 0 Å². The van der Waals surface area contributed by atoms with Gasteiger partial charge in [-0.3, -0.25) is 0 Å². The molecule has 4 aromatic rings. The third kappa shape index (κ3) is 3.58. The van der Waals surface area contributed by atoms with Crippen LogP contribution in [0.25, 0.3) is 34.3 Å². The topological polar surface area (TPSA) is 23.4 Å². The molecule has 0 fully saturated rings. The van der Waals surface area contributed by atoms with Crippen LogP contribution in [0.15, 0.2) is 79.0 Å². The monoisotopic (exact) mass is 355 g/mol. The van der Waals surface area contributed by atoms with Gasteiger partial charge in [0.05, 0.1) is 19.7 Å². The van der Waals surface area contributed by atoms with Crippen molar-refractivity contribution in [3.05, 3.63) is 84.6 Å². The Morgan fingerprint density at radius 1 is 0.741 bits per heavy atom. The second kappa shape index (κ2) is 7.42. The minimum atomic E-state index is 0.777. The molecule has 0 atom stereocenters. The largest absolute Gasteiger partial charge is 0.497 e. The van der Waals surface area contributed by atoms with Gasteiger partial charge in [-0.1, -0.05) is 36.4 Å².